The number of hydrogen-bond donors (Lipinski definition) is 5. The molecular weight excluding hydrogens is 1290 g/mol. The molecule has 2 aliphatic rings. The quantitative estimate of drug-likeness (QED) is 0.0530. The summed E-state index contributed by atoms with van der Waals surface area (Å²) in [6.07, 6.45) is 14.7. The molecular formula is C72H78Cl2N14O8S. The number of H-pyrrole nitrogens is 1. The maximum atomic E-state index is 13.8. The van der Waals surface area contributed by atoms with Crippen molar-refractivity contribution in [3.8, 4) is 22.5 Å². The first-order valence-corrected chi connectivity index (χ1v) is 34.4. The summed E-state index contributed by atoms with van der Waals surface area (Å²) in [5, 5.41) is 12.1. The number of hydrogen-bond acceptors (Lipinski definition) is 17. The summed E-state index contributed by atoms with van der Waals surface area (Å²) in [4.78, 5) is 73.9. The number of halogens is 2. The zero-order chi connectivity index (χ0) is 68.4. The molecule has 2 saturated carbocycles. The highest BCUT2D eigenvalue weighted by Gasteiger charge is 2.36. The highest BCUT2D eigenvalue weighted by molar-refractivity contribution is 7.90. The van der Waals surface area contributed by atoms with E-state index in [1.54, 1.807) is 89.1 Å². The second-order valence-corrected chi connectivity index (χ2v) is 28.7. The van der Waals surface area contributed by atoms with Gasteiger partial charge in [0.2, 0.25) is 11.9 Å². The Labute approximate surface area is 573 Å². The Kier molecular flexibility index (Phi) is 21.2. The van der Waals surface area contributed by atoms with Gasteiger partial charge < -0.3 is 35.6 Å². The van der Waals surface area contributed by atoms with Crippen molar-refractivity contribution in [2.24, 2.45) is 0 Å². The van der Waals surface area contributed by atoms with Crippen LogP contribution in [0.5, 0.6) is 0 Å². The van der Waals surface area contributed by atoms with Crippen LogP contribution >= 0.6 is 23.2 Å². The fourth-order valence-electron chi connectivity index (χ4n) is 12.0. The number of aromatic nitrogens is 8. The van der Waals surface area contributed by atoms with E-state index in [2.05, 4.69) is 40.9 Å². The number of pyridine rings is 2. The SMILES string of the molecule is CC(C)(C)OC(=O)N(Cc1ccc(N)cn1)[C@H]1CCC[C@@H](Nc2ncc(Cl)c(-c3c[nH]c4ccccc34)n2)C1.CC(C)(C)OC(=O)N(Cc1ccc(NC(=O)OCc2ccccc2)cn1)[C@H]1CCC[C@@H](Nc2ncc(Cl)c(-c3cn(S(=O)(=O)c4ccccc4)c4ccccc34)n2)C1. The second kappa shape index (κ2) is 30.1. The van der Waals surface area contributed by atoms with Crippen LogP contribution in [0.3, 0.4) is 0 Å². The summed E-state index contributed by atoms with van der Waals surface area (Å²) in [6, 6.07) is 39.7. The molecule has 10 aromatic rings. The molecule has 0 radical (unpaired) electrons. The Balaban J connectivity index is 0.000000212. The number of carbonyl (C=O) groups excluding carboxylic acids is 3. The first kappa shape index (κ1) is 68.5. The van der Waals surface area contributed by atoms with Crippen molar-refractivity contribution in [2.45, 2.75) is 153 Å². The van der Waals surface area contributed by atoms with Gasteiger partial charge in [-0.2, -0.15) is 0 Å². The second-order valence-electron chi connectivity index (χ2n) is 26.0. The number of benzene rings is 4. The van der Waals surface area contributed by atoms with Crippen molar-refractivity contribution in [3.05, 3.63) is 198 Å². The van der Waals surface area contributed by atoms with E-state index in [1.807, 2.05) is 121 Å². The number of fused-ring (bicyclic) bond motifs is 2. The first-order chi connectivity index (χ1) is 46.5. The van der Waals surface area contributed by atoms with E-state index < -0.39 is 33.4 Å². The lowest BCUT2D eigenvalue weighted by Crippen LogP contribution is -2.47. The van der Waals surface area contributed by atoms with Gasteiger partial charge in [-0.15, -0.1) is 0 Å². The van der Waals surface area contributed by atoms with Crippen molar-refractivity contribution in [2.75, 3.05) is 21.7 Å². The van der Waals surface area contributed by atoms with E-state index in [-0.39, 0.29) is 53.3 Å². The number of anilines is 4. The number of ether oxygens (including phenoxy) is 3. The molecule has 0 spiro atoms. The van der Waals surface area contributed by atoms with Gasteiger partial charge in [0.1, 0.15) is 17.8 Å². The van der Waals surface area contributed by atoms with Crippen molar-refractivity contribution in [1.82, 2.24) is 48.7 Å². The molecule has 4 aromatic carbocycles. The Hall–Kier alpha value is -9.84. The number of carbonyl (C=O) groups is 3. The predicted octanol–water partition coefficient (Wildman–Crippen LogP) is 15.7. The fraction of sp³-hybridized carbons (Fsp3) is 0.319. The summed E-state index contributed by atoms with van der Waals surface area (Å²) >= 11 is 13.2. The molecule has 12 rings (SSSR count). The van der Waals surface area contributed by atoms with Crippen LogP contribution in [0, 0.1) is 0 Å². The van der Waals surface area contributed by atoms with Crippen LogP contribution < -0.4 is 21.7 Å². The van der Waals surface area contributed by atoms with Crippen molar-refractivity contribution in [1.29, 1.82) is 0 Å². The third-order valence-electron chi connectivity index (χ3n) is 16.5. The van der Waals surface area contributed by atoms with Crippen molar-refractivity contribution < 1.29 is 37.0 Å². The van der Waals surface area contributed by atoms with Crippen LogP contribution in [0.4, 0.5) is 37.7 Å². The van der Waals surface area contributed by atoms with Crippen LogP contribution in [-0.4, -0.2) is 111 Å². The number of nitrogens with one attached hydrogen (secondary N) is 4. The summed E-state index contributed by atoms with van der Waals surface area (Å²) in [5.74, 6) is 0.831. The van der Waals surface area contributed by atoms with Gasteiger partial charge in [-0.3, -0.25) is 25.1 Å². The lowest BCUT2D eigenvalue weighted by molar-refractivity contribution is 0.00805. The molecule has 504 valence electrons. The van der Waals surface area contributed by atoms with Gasteiger partial charge in [-0.1, -0.05) is 108 Å². The van der Waals surface area contributed by atoms with Crippen LogP contribution in [0.2, 0.25) is 10.0 Å². The molecule has 6 aromatic heterocycles. The third kappa shape index (κ3) is 17.6. The summed E-state index contributed by atoms with van der Waals surface area (Å²) in [6.45, 7) is 11.8. The lowest BCUT2D eigenvalue weighted by Gasteiger charge is -2.38. The van der Waals surface area contributed by atoms with E-state index in [1.165, 1.54) is 16.4 Å². The zero-order valence-corrected chi connectivity index (χ0v) is 57.1. The smallest absolute Gasteiger partial charge is 0.412 e. The molecule has 6 N–H and O–H groups in total. The molecule has 97 heavy (non-hydrogen) atoms. The molecule has 6 heterocycles. The maximum Gasteiger partial charge on any atom is 0.412 e. The van der Waals surface area contributed by atoms with Crippen molar-refractivity contribution >= 4 is 96.6 Å². The number of rotatable bonds is 17. The van der Waals surface area contributed by atoms with Gasteiger partial charge in [0.15, 0.2) is 0 Å². The van der Waals surface area contributed by atoms with Crippen LogP contribution in [-0.2, 0) is 43.9 Å². The topological polar surface area (TPSA) is 280 Å². The maximum absolute atomic E-state index is 13.8. The molecule has 25 heteroatoms. The van der Waals surface area contributed by atoms with Crippen molar-refractivity contribution in [3.63, 3.8) is 0 Å². The number of aromatic amines is 1. The molecule has 4 atom stereocenters. The molecule has 0 unspecified atom stereocenters. The Morgan fingerprint density at radius 1 is 0.619 bits per heavy atom. The summed E-state index contributed by atoms with van der Waals surface area (Å²) < 4.78 is 45.8. The number of nitrogen functional groups attached to an aromatic ring is 1. The minimum absolute atomic E-state index is 0.0363. The zero-order valence-electron chi connectivity index (χ0n) is 54.8. The highest BCUT2D eigenvalue weighted by Crippen LogP contribution is 2.38. The van der Waals surface area contributed by atoms with Crippen LogP contribution in [0.15, 0.2) is 176 Å². The summed E-state index contributed by atoms with van der Waals surface area (Å²) in [5.41, 5.74) is 11.8. The standard InChI is InChI=1S/C43H44ClN7O6S.C29H34ClN7O2/c1-43(2,3)57-42(53)50(26-32-22-21-31(24-45-32)48-41(52)56-28-29-13-6-4-7-14-29)33-16-12-15-30(23-33)47-40-46-25-37(44)39(49-40)36-27-51(38-20-11-10-19-35(36)38)58(54,55)34-17-8-5-9-18-34;1-29(2,3)39-28(38)37(17-20-12-11-18(31)14-32-20)21-8-6-7-19(13-21)35-27-34-16-24(30)26(36-27)23-15-33-25-10-5-4-9-22(23)25/h4-11,13-14,17-22,24-25,27,30,33H,12,15-16,23,26,28H2,1-3H3,(H,48,52)(H,46,47,49);4-5,9-12,14-16,19,21,33H,6-8,13,17,31H2,1-3H3,(H,34,35,36)/t30-,33+;19-,21+/m11/s1. The van der Waals surface area contributed by atoms with Gasteiger partial charge in [-0.25, -0.2) is 46.7 Å². The Bertz CT molecular complexity index is 4490. The number of nitrogens with two attached hydrogens (primary N) is 1. The van der Waals surface area contributed by atoms with Gasteiger partial charge in [-0.05, 0) is 147 Å². The predicted molar refractivity (Wildman–Crippen MR) is 377 cm³/mol. The van der Waals surface area contributed by atoms with E-state index in [0.29, 0.717) is 74.8 Å². The molecule has 2 fully saturated rings. The van der Waals surface area contributed by atoms with E-state index in [4.69, 9.17) is 53.1 Å². The van der Waals surface area contributed by atoms with Crippen LogP contribution in [0.1, 0.15) is 110 Å². The van der Waals surface area contributed by atoms with E-state index >= 15 is 0 Å². The van der Waals surface area contributed by atoms with Gasteiger partial charge in [0.25, 0.3) is 10.0 Å². The Morgan fingerprint density at radius 3 is 1.70 bits per heavy atom. The Morgan fingerprint density at radius 2 is 1.14 bits per heavy atom. The fourth-order valence-corrected chi connectivity index (χ4v) is 13.7. The van der Waals surface area contributed by atoms with Gasteiger partial charge in [0.05, 0.1) is 92.5 Å². The molecule has 0 aliphatic heterocycles. The van der Waals surface area contributed by atoms with E-state index in [0.717, 1.165) is 72.7 Å². The van der Waals surface area contributed by atoms with Gasteiger partial charge in [0, 0.05) is 64.0 Å². The minimum atomic E-state index is -3.93. The summed E-state index contributed by atoms with van der Waals surface area (Å²) in [7, 11) is -3.93. The molecule has 0 bridgehead atoms. The first-order valence-electron chi connectivity index (χ1n) is 32.2. The highest BCUT2D eigenvalue weighted by atomic mass is 35.5. The average molecular weight is 1370 g/mol. The monoisotopic (exact) mass is 1370 g/mol. The third-order valence-corrected chi connectivity index (χ3v) is 18.7. The normalized spacial score (nSPS) is 16.5. The average Bonchev–Trinajstić information content (AvgIpc) is 1.60. The minimum Gasteiger partial charge on any atom is -0.444 e. The van der Waals surface area contributed by atoms with Gasteiger partial charge >= 0.3 is 18.3 Å². The number of nitrogens with zero attached hydrogens (tertiary/aromatic N) is 9. The van der Waals surface area contributed by atoms with E-state index in [9.17, 15) is 22.8 Å². The number of para-hydroxylation sites is 2. The largest absolute Gasteiger partial charge is 0.444 e. The molecule has 22 nitrogen and oxygen atoms in total. The molecule has 3 amide bonds. The lowest BCUT2D eigenvalue weighted by atomic mass is 9.90. The molecule has 0 saturated heterocycles. The number of amides is 3. The van der Waals surface area contributed by atoms with Crippen LogP contribution in [0.25, 0.3) is 44.3 Å². The molecule has 2 aliphatic carbocycles.